The van der Waals surface area contributed by atoms with Gasteiger partial charge in [0.15, 0.2) is 9.84 Å². The second kappa shape index (κ2) is 6.49. The van der Waals surface area contributed by atoms with E-state index in [0.29, 0.717) is 19.4 Å². The highest BCUT2D eigenvalue weighted by atomic mass is 79.9. The molecule has 2 rings (SSSR count). The van der Waals surface area contributed by atoms with Gasteiger partial charge in [-0.1, -0.05) is 15.9 Å². The molecule has 0 saturated heterocycles. The molecule has 1 aliphatic rings. The van der Waals surface area contributed by atoms with Gasteiger partial charge in [-0.2, -0.15) is 13.2 Å². The van der Waals surface area contributed by atoms with E-state index in [2.05, 4.69) is 15.9 Å². The Morgan fingerprint density at radius 3 is 2.59 bits per heavy atom. The SMILES string of the molecule is CCO[C@H]1CC[C@@H](S(=O)(=O)c2ccc(Br)cc2C(F)(F)F)C1. The van der Waals surface area contributed by atoms with E-state index in [-0.39, 0.29) is 17.0 Å². The Kier molecular flexibility index (Phi) is 5.23. The van der Waals surface area contributed by atoms with Crippen molar-refractivity contribution in [3.8, 4) is 0 Å². The highest BCUT2D eigenvalue weighted by Gasteiger charge is 2.42. The minimum absolute atomic E-state index is 0.192. The molecule has 1 aliphatic carbocycles. The molecule has 0 unspecified atom stereocenters. The van der Waals surface area contributed by atoms with Crippen LogP contribution in [0.5, 0.6) is 0 Å². The van der Waals surface area contributed by atoms with Crippen LogP contribution in [0.3, 0.4) is 0 Å². The van der Waals surface area contributed by atoms with Gasteiger partial charge in [0.2, 0.25) is 0 Å². The number of hydrogen-bond donors (Lipinski definition) is 0. The van der Waals surface area contributed by atoms with Gasteiger partial charge in [-0.3, -0.25) is 0 Å². The Balaban J connectivity index is 2.39. The fourth-order valence-electron chi connectivity index (χ4n) is 2.72. The van der Waals surface area contributed by atoms with Crippen LogP contribution in [-0.4, -0.2) is 26.4 Å². The molecule has 0 heterocycles. The minimum atomic E-state index is -4.72. The van der Waals surface area contributed by atoms with E-state index in [0.717, 1.165) is 12.1 Å². The second-order valence-corrected chi connectivity index (χ2v) is 8.31. The van der Waals surface area contributed by atoms with Crippen molar-refractivity contribution in [2.75, 3.05) is 6.61 Å². The minimum Gasteiger partial charge on any atom is -0.378 e. The lowest BCUT2D eigenvalue weighted by molar-refractivity contribution is -0.139. The molecule has 0 bridgehead atoms. The van der Waals surface area contributed by atoms with E-state index < -0.39 is 31.7 Å². The largest absolute Gasteiger partial charge is 0.417 e. The number of hydrogen-bond acceptors (Lipinski definition) is 3. The standard InChI is InChI=1S/C14H16BrF3O3S/c1-2-21-10-4-5-11(8-10)22(19,20)13-6-3-9(15)7-12(13)14(16,17)18/h3,6-7,10-11H,2,4-5,8H2,1H3/t10-,11+/m0/s1. The highest BCUT2D eigenvalue weighted by Crippen LogP contribution is 2.39. The summed E-state index contributed by atoms with van der Waals surface area (Å²) in [5.74, 6) is 0. The van der Waals surface area contributed by atoms with Gasteiger partial charge in [-0.15, -0.1) is 0 Å². The smallest absolute Gasteiger partial charge is 0.378 e. The molecule has 0 N–H and O–H groups in total. The van der Waals surface area contributed by atoms with Gasteiger partial charge in [0, 0.05) is 11.1 Å². The van der Waals surface area contributed by atoms with Crippen LogP contribution < -0.4 is 0 Å². The summed E-state index contributed by atoms with van der Waals surface area (Å²) in [7, 11) is -4.04. The predicted octanol–water partition coefficient (Wildman–Crippen LogP) is 4.20. The summed E-state index contributed by atoms with van der Waals surface area (Å²) in [5.41, 5.74) is -1.12. The molecule has 3 nitrogen and oxygen atoms in total. The first kappa shape index (κ1) is 17.7. The maximum atomic E-state index is 13.1. The van der Waals surface area contributed by atoms with Crippen LogP contribution in [0, 0.1) is 0 Å². The average Bonchev–Trinajstić information content (AvgIpc) is 2.87. The van der Waals surface area contributed by atoms with Gasteiger partial charge in [-0.05, 0) is 44.4 Å². The van der Waals surface area contributed by atoms with Crippen molar-refractivity contribution >= 4 is 25.8 Å². The third kappa shape index (κ3) is 3.65. The van der Waals surface area contributed by atoms with Crippen LogP contribution in [0.4, 0.5) is 13.2 Å². The Hall–Kier alpha value is -0.600. The van der Waals surface area contributed by atoms with Gasteiger partial charge in [0.05, 0.1) is 21.8 Å². The van der Waals surface area contributed by atoms with Crippen LogP contribution in [0.2, 0.25) is 0 Å². The number of alkyl halides is 3. The summed E-state index contributed by atoms with van der Waals surface area (Å²) in [6.45, 7) is 2.27. The van der Waals surface area contributed by atoms with Crippen molar-refractivity contribution in [1.29, 1.82) is 0 Å². The van der Waals surface area contributed by atoms with E-state index >= 15 is 0 Å². The van der Waals surface area contributed by atoms with E-state index in [4.69, 9.17) is 4.74 Å². The lowest BCUT2D eigenvalue weighted by Gasteiger charge is -2.17. The number of ether oxygens (including phenoxy) is 1. The molecule has 1 saturated carbocycles. The fraction of sp³-hybridized carbons (Fsp3) is 0.571. The van der Waals surface area contributed by atoms with Gasteiger partial charge < -0.3 is 4.74 Å². The first-order valence-electron chi connectivity index (χ1n) is 6.88. The summed E-state index contributed by atoms with van der Waals surface area (Å²) >= 11 is 2.95. The molecule has 8 heteroatoms. The van der Waals surface area contributed by atoms with E-state index in [1.807, 2.05) is 0 Å². The lowest BCUT2D eigenvalue weighted by atomic mass is 10.2. The molecular weight excluding hydrogens is 385 g/mol. The zero-order chi connectivity index (χ0) is 16.5. The number of rotatable bonds is 4. The van der Waals surface area contributed by atoms with Crippen molar-refractivity contribution < 1.29 is 26.3 Å². The Morgan fingerprint density at radius 1 is 1.32 bits per heavy atom. The van der Waals surface area contributed by atoms with Crippen molar-refractivity contribution in [2.24, 2.45) is 0 Å². The van der Waals surface area contributed by atoms with Crippen LogP contribution in [0.15, 0.2) is 27.6 Å². The molecule has 0 aliphatic heterocycles. The molecule has 124 valence electrons. The van der Waals surface area contributed by atoms with Crippen molar-refractivity contribution in [3.05, 3.63) is 28.2 Å². The number of sulfone groups is 1. The van der Waals surface area contributed by atoms with Gasteiger partial charge in [0.25, 0.3) is 0 Å². The maximum absolute atomic E-state index is 13.1. The second-order valence-electron chi connectivity index (χ2n) is 5.20. The molecule has 1 aromatic carbocycles. The van der Waals surface area contributed by atoms with E-state index in [1.165, 1.54) is 6.07 Å². The molecule has 1 aromatic rings. The predicted molar refractivity (Wildman–Crippen MR) is 79.4 cm³/mol. The zero-order valence-corrected chi connectivity index (χ0v) is 14.3. The molecule has 22 heavy (non-hydrogen) atoms. The normalized spacial score (nSPS) is 23.0. The molecule has 0 amide bonds. The zero-order valence-electron chi connectivity index (χ0n) is 11.9. The Bertz CT molecular complexity index is 643. The Morgan fingerprint density at radius 2 is 2.00 bits per heavy atom. The summed E-state index contributed by atoms with van der Waals surface area (Å²) < 4.78 is 70.2. The van der Waals surface area contributed by atoms with Crippen molar-refractivity contribution in [1.82, 2.24) is 0 Å². The van der Waals surface area contributed by atoms with Crippen molar-refractivity contribution in [3.63, 3.8) is 0 Å². The molecular formula is C14H16BrF3O3S. The monoisotopic (exact) mass is 400 g/mol. The summed E-state index contributed by atoms with van der Waals surface area (Å²) in [6.07, 6.45) is -3.81. The lowest BCUT2D eigenvalue weighted by Crippen LogP contribution is -2.23. The van der Waals surface area contributed by atoms with Crippen molar-refractivity contribution in [2.45, 2.75) is 48.6 Å². The van der Waals surface area contributed by atoms with Gasteiger partial charge in [0.1, 0.15) is 0 Å². The quantitative estimate of drug-likeness (QED) is 0.760. The van der Waals surface area contributed by atoms with Crippen LogP contribution >= 0.6 is 15.9 Å². The molecule has 2 atom stereocenters. The van der Waals surface area contributed by atoms with E-state index in [1.54, 1.807) is 6.92 Å². The molecule has 1 fully saturated rings. The third-order valence-electron chi connectivity index (χ3n) is 3.73. The van der Waals surface area contributed by atoms with Gasteiger partial charge in [-0.25, -0.2) is 8.42 Å². The molecule has 0 spiro atoms. The van der Waals surface area contributed by atoms with Crippen LogP contribution in [-0.2, 0) is 20.8 Å². The molecule has 0 aromatic heterocycles. The summed E-state index contributed by atoms with van der Waals surface area (Å²) in [4.78, 5) is -0.648. The number of benzene rings is 1. The highest BCUT2D eigenvalue weighted by molar-refractivity contribution is 9.10. The first-order chi connectivity index (χ1) is 10.2. The number of halogens is 4. The van der Waals surface area contributed by atoms with E-state index in [9.17, 15) is 21.6 Å². The first-order valence-corrected chi connectivity index (χ1v) is 9.22. The van der Waals surface area contributed by atoms with Crippen LogP contribution in [0.1, 0.15) is 31.7 Å². The van der Waals surface area contributed by atoms with Gasteiger partial charge >= 0.3 is 6.18 Å². The molecule has 0 radical (unpaired) electrons. The fourth-order valence-corrected chi connectivity index (χ4v) is 5.09. The summed E-state index contributed by atoms with van der Waals surface area (Å²) in [6, 6.07) is 3.15. The Labute approximate surface area is 135 Å². The average molecular weight is 401 g/mol. The topological polar surface area (TPSA) is 43.4 Å². The summed E-state index contributed by atoms with van der Waals surface area (Å²) in [5, 5.41) is -0.827. The van der Waals surface area contributed by atoms with Crippen LogP contribution in [0.25, 0.3) is 0 Å². The third-order valence-corrected chi connectivity index (χ3v) is 6.50. The maximum Gasteiger partial charge on any atom is 0.417 e.